The molecule has 0 aromatic heterocycles. The average Bonchev–Trinajstić information content (AvgIpc) is 2.87. The van der Waals surface area contributed by atoms with Crippen LogP contribution in [-0.4, -0.2) is 34.6 Å². The lowest BCUT2D eigenvalue weighted by atomic mass is 10.0. The van der Waals surface area contributed by atoms with E-state index in [1.54, 1.807) is 22.7 Å². The minimum Gasteiger partial charge on any atom is -0.352 e. The van der Waals surface area contributed by atoms with Crippen LogP contribution in [0.2, 0.25) is 10.0 Å². The molecule has 0 unspecified atom stereocenters. The van der Waals surface area contributed by atoms with Gasteiger partial charge in [0.2, 0.25) is 11.8 Å². The van der Waals surface area contributed by atoms with Gasteiger partial charge >= 0.3 is 0 Å². The van der Waals surface area contributed by atoms with Crippen molar-refractivity contribution in [2.24, 2.45) is 0 Å². The van der Waals surface area contributed by atoms with E-state index in [0.29, 0.717) is 35.2 Å². The van der Waals surface area contributed by atoms with Crippen LogP contribution in [0.25, 0.3) is 0 Å². The van der Waals surface area contributed by atoms with Gasteiger partial charge in [0.25, 0.3) is 0 Å². The van der Waals surface area contributed by atoms with Crippen molar-refractivity contribution in [3.8, 4) is 0 Å². The highest BCUT2D eigenvalue weighted by molar-refractivity contribution is 7.99. The van der Waals surface area contributed by atoms with Gasteiger partial charge in [-0.1, -0.05) is 72.6 Å². The van der Waals surface area contributed by atoms with Crippen molar-refractivity contribution >= 4 is 46.8 Å². The molecule has 3 rings (SSSR count). The summed E-state index contributed by atoms with van der Waals surface area (Å²) in [6.07, 6.45) is 1.54. The summed E-state index contributed by atoms with van der Waals surface area (Å²) in [4.78, 5) is 29.9. The Morgan fingerprint density at radius 2 is 1.61 bits per heavy atom. The Morgan fingerprint density at radius 3 is 2.28 bits per heavy atom. The summed E-state index contributed by atoms with van der Waals surface area (Å²) < 4.78 is 0. The maximum absolute atomic E-state index is 13.6. The molecule has 0 aliphatic heterocycles. The quantitative estimate of drug-likeness (QED) is 0.250. The maximum atomic E-state index is 13.6. The molecule has 0 saturated heterocycles. The Morgan fingerprint density at radius 1 is 0.917 bits per heavy atom. The predicted molar refractivity (Wildman–Crippen MR) is 151 cm³/mol. The molecule has 0 saturated carbocycles. The largest absolute Gasteiger partial charge is 0.352 e. The standard InChI is InChI=1S/C29H32Cl2N2O2S/c1-3-21(2)32-29(35)27(19-22-8-5-4-6-9-22)33(20-23-10-7-11-25(31)18-23)28(34)16-17-36-26-14-12-24(30)13-15-26/h4-15,18,21,27H,3,16-17,19-20H2,1-2H3,(H,32,35)/t21-,27-/m1/s1. The third-order valence-electron chi connectivity index (χ3n) is 5.91. The number of hydrogen-bond acceptors (Lipinski definition) is 3. The topological polar surface area (TPSA) is 49.4 Å². The normalized spacial score (nSPS) is 12.6. The van der Waals surface area contributed by atoms with E-state index in [4.69, 9.17) is 23.2 Å². The van der Waals surface area contributed by atoms with Crippen LogP contribution in [0, 0.1) is 0 Å². The van der Waals surface area contributed by atoms with E-state index >= 15 is 0 Å². The molecule has 36 heavy (non-hydrogen) atoms. The zero-order valence-electron chi connectivity index (χ0n) is 20.6. The molecule has 0 aliphatic carbocycles. The lowest BCUT2D eigenvalue weighted by Crippen LogP contribution is -2.52. The number of halogens is 2. The number of carbonyl (C=O) groups excluding carboxylic acids is 2. The molecule has 1 N–H and O–H groups in total. The fourth-order valence-electron chi connectivity index (χ4n) is 3.76. The van der Waals surface area contributed by atoms with E-state index in [-0.39, 0.29) is 17.9 Å². The molecule has 0 spiro atoms. The molecule has 0 heterocycles. The molecule has 0 radical (unpaired) electrons. The molecule has 0 aliphatic rings. The number of thioether (sulfide) groups is 1. The summed E-state index contributed by atoms with van der Waals surface area (Å²) in [6.45, 7) is 4.31. The van der Waals surface area contributed by atoms with Crippen LogP contribution in [0.1, 0.15) is 37.8 Å². The minimum absolute atomic E-state index is 0.0133. The molecule has 3 aromatic rings. The summed E-state index contributed by atoms with van der Waals surface area (Å²) in [5, 5.41) is 4.37. The van der Waals surface area contributed by atoms with E-state index in [1.807, 2.05) is 86.6 Å². The molecular weight excluding hydrogens is 511 g/mol. The molecule has 4 nitrogen and oxygen atoms in total. The number of benzene rings is 3. The van der Waals surface area contributed by atoms with Crippen LogP contribution < -0.4 is 5.32 Å². The van der Waals surface area contributed by atoms with Gasteiger partial charge in [0.05, 0.1) is 0 Å². The van der Waals surface area contributed by atoms with Gasteiger partial charge in [-0.05, 0) is 60.9 Å². The highest BCUT2D eigenvalue weighted by Crippen LogP contribution is 2.23. The summed E-state index contributed by atoms with van der Waals surface area (Å²) >= 11 is 13.8. The maximum Gasteiger partial charge on any atom is 0.243 e. The highest BCUT2D eigenvalue weighted by Gasteiger charge is 2.30. The third-order valence-corrected chi connectivity index (χ3v) is 7.41. The Labute approximate surface area is 228 Å². The van der Waals surface area contributed by atoms with Crippen molar-refractivity contribution in [1.29, 1.82) is 0 Å². The molecule has 2 amide bonds. The first-order valence-electron chi connectivity index (χ1n) is 12.1. The van der Waals surface area contributed by atoms with Crippen molar-refractivity contribution in [2.75, 3.05) is 5.75 Å². The number of carbonyl (C=O) groups is 2. The molecule has 0 fully saturated rings. The predicted octanol–water partition coefficient (Wildman–Crippen LogP) is 7.03. The number of hydrogen-bond donors (Lipinski definition) is 1. The van der Waals surface area contributed by atoms with Gasteiger partial charge in [-0.15, -0.1) is 11.8 Å². The number of nitrogens with one attached hydrogen (secondary N) is 1. The van der Waals surface area contributed by atoms with Crippen LogP contribution in [-0.2, 0) is 22.6 Å². The zero-order chi connectivity index (χ0) is 25.9. The first kappa shape index (κ1) is 28.1. The third kappa shape index (κ3) is 8.88. The zero-order valence-corrected chi connectivity index (χ0v) is 23.0. The first-order valence-corrected chi connectivity index (χ1v) is 13.9. The average molecular weight is 544 g/mol. The van der Waals surface area contributed by atoms with Gasteiger partial charge < -0.3 is 10.2 Å². The number of amides is 2. The van der Waals surface area contributed by atoms with Crippen molar-refractivity contribution in [1.82, 2.24) is 10.2 Å². The van der Waals surface area contributed by atoms with Gasteiger partial charge in [-0.3, -0.25) is 9.59 Å². The lowest BCUT2D eigenvalue weighted by molar-refractivity contribution is -0.141. The molecule has 190 valence electrons. The van der Waals surface area contributed by atoms with Crippen LogP contribution in [0.5, 0.6) is 0 Å². The van der Waals surface area contributed by atoms with Crippen LogP contribution >= 0.6 is 35.0 Å². The number of nitrogens with zero attached hydrogens (tertiary/aromatic N) is 1. The molecular formula is C29H32Cl2N2O2S. The molecule has 7 heteroatoms. The van der Waals surface area contributed by atoms with Crippen LogP contribution in [0.15, 0.2) is 83.8 Å². The van der Waals surface area contributed by atoms with Crippen LogP contribution in [0.4, 0.5) is 0 Å². The van der Waals surface area contributed by atoms with Crippen molar-refractivity contribution in [3.05, 3.63) is 100 Å². The van der Waals surface area contributed by atoms with Crippen molar-refractivity contribution in [3.63, 3.8) is 0 Å². The van der Waals surface area contributed by atoms with Crippen LogP contribution in [0.3, 0.4) is 0 Å². The fraction of sp³-hybridized carbons (Fsp3) is 0.310. The Hall–Kier alpha value is -2.47. The fourth-order valence-corrected chi connectivity index (χ4v) is 4.94. The van der Waals surface area contributed by atoms with E-state index in [2.05, 4.69) is 5.32 Å². The highest BCUT2D eigenvalue weighted by atomic mass is 35.5. The van der Waals surface area contributed by atoms with Gasteiger partial charge in [0.15, 0.2) is 0 Å². The summed E-state index contributed by atoms with van der Waals surface area (Å²) in [5.41, 5.74) is 1.89. The van der Waals surface area contributed by atoms with E-state index in [9.17, 15) is 9.59 Å². The second-order valence-corrected chi connectivity index (χ2v) is 10.8. The SMILES string of the molecule is CC[C@@H](C)NC(=O)[C@@H](Cc1ccccc1)N(Cc1cccc(Cl)c1)C(=O)CCSc1ccc(Cl)cc1. The summed E-state index contributed by atoms with van der Waals surface area (Å²) in [7, 11) is 0. The van der Waals surface area contributed by atoms with Gasteiger partial charge in [-0.25, -0.2) is 0 Å². The molecule has 2 atom stereocenters. The smallest absolute Gasteiger partial charge is 0.243 e. The monoisotopic (exact) mass is 542 g/mol. The van der Waals surface area contributed by atoms with Gasteiger partial charge in [0, 0.05) is 46.1 Å². The van der Waals surface area contributed by atoms with E-state index in [0.717, 1.165) is 22.4 Å². The minimum atomic E-state index is -0.645. The van der Waals surface area contributed by atoms with Crippen molar-refractivity contribution in [2.45, 2.75) is 56.6 Å². The second kappa shape index (κ2) is 14.3. The number of rotatable bonds is 12. The van der Waals surface area contributed by atoms with Crippen molar-refractivity contribution < 1.29 is 9.59 Å². The Bertz CT molecular complexity index is 1130. The van der Waals surface area contributed by atoms with Gasteiger partial charge in [-0.2, -0.15) is 0 Å². The van der Waals surface area contributed by atoms with E-state index in [1.165, 1.54) is 0 Å². The molecule has 3 aromatic carbocycles. The first-order chi connectivity index (χ1) is 17.4. The Kier molecular flexibility index (Phi) is 11.2. The Balaban J connectivity index is 1.85. The van der Waals surface area contributed by atoms with E-state index < -0.39 is 6.04 Å². The summed E-state index contributed by atoms with van der Waals surface area (Å²) in [5.74, 6) is 0.378. The second-order valence-electron chi connectivity index (χ2n) is 8.73. The van der Waals surface area contributed by atoms with Gasteiger partial charge in [0.1, 0.15) is 6.04 Å². The summed E-state index contributed by atoms with van der Waals surface area (Å²) in [6, 6.07) is 24.2. The lowest BCUT2D eigenvalue weighted by Gasteiger charge is -2.32. The molecule has 0 bridgehead atoms.